The lowest BCUT2D eigenvalue weighted by molar-refractivity contribution is 0.0985. The summed E-state index contributed by atoms with van der Waals surface area (Å²) in [6, 6.07) is 10.6. The van der Waals surface area contributed by atoms with Crippen molar-refractivity contribution in [2.24, 2.45) is 0 Å². The van der Waals surface area contributed by atoms with Crippen LogP contribution in [0.25, 0.3) is 0 Å². The van der Waals surface area contributed by atoms with Crippen molar-refractivity contribution in [1.82, 2.24) is 0 Å². The van der Waals surface area contributed by atoms with E-state index >= 15 is 0 Å². The number of aromatic hydroxyl groups is 2. The van der Waals surface area contributed by atoms with Crippen molar-refractivity contribution < 1.29 is 15.0 Å². The Hall–Kier alpha value is -3.61. The molecule has 0 fully saturated rings. The predicted octanol–water partition coefficient (Wildman–Crippen LogP) is 3.20. The van der Waals surface area contributed by atoms with E-state index < -0.39 is 10.9 Å². The van der Waals surface area contributed by atoms with Gasteiger partial charge in [0.1, 0.15) is 22.9 Å². The average Bonchev–Trinajstić information content (AvgIpc) is 2.70. The molecular weight excluding hydrogens is 360 g/mol. The fourth-order valence-electron chi connectivity index (χ4n) is 2.91. The lowest BCUT2D eigenvalue weighted by Crippen LogP contribution is -2.37. The molecular formula is C21H20N2O5. The third kappa shape index (κ3) is 3.59. The number of carbonyl (C=O) groups is 1. The molecule has 0 unspecified atom stereocenters. The molecule has 0 saturated heterocycles. The van der Waals surface area contributed by atoms with Crippen LogP contribution in [0, 0.1) is 0 Å². The first-order chi connectivity index (χ1) is 13.3. The summed E-state index contributed by atoms with van der Waals surface area (Å²) in [5.74, 6) is -0.271. The number of carbonyl (C=O) groups excluding carboxylic acids is 1. The van der Waals surface area contributed by atoms with Gasteiger partial charge in [-0.15, -0.1) is 0 Å². The smallest absolute Gasteiger partial charge is 0.253 e. The molecule has 0 saturated carbocycles. The SMILES string of the molecule is CCC(=O)c1cc(Nc2c(N[C@H](C)c3cccc(O)c3)c(=O)c2=O)ccc1O. The lowest BCUT2D eigenvalue weighted by atomic mass is 10.1. The quantitative estimate of drug-likeness (QED) is 0.283. The first kappa shape index (κ1) is 19.2. The van der Waals surface area contributed by atoms with E-state index in [-0.39, 0.29) is 46.7 Å². The first-order valence-electron chi connectivity index (χ1n) is 8.83. The highest BCUT2D eigenvalue weighted by Gasteiger charge is 2.23. The van der Waals surface area contributed by atoms with Gasteiger partial charge in [0.25, 0.3) is 10.9 Å². The normalized spacial score (nSPS) is 11.9. The second-order valence-corrected chi connectivity index (χ2v) is 6.50. The van der Waals surface area contributed by atoms with Crippen molar-refractivity contribution in [3.05, 3.63) is 74.0 Å². The fraction of sp³-hybridized carbons (Fsp3) is 0.190. The van der Waals surface area contributed by atoms with E-state index in [0.717, 1.165) is 5.56 Å². The maximum atomic E-state index is 12.0. The second-order valence-electron chi connectivity index (χ2n) is 6.50. The Bertz CT molecular complexity index is 1110. The molecule has 3 aromatic carbocycles. The van der Waals surface area contributed by atoms with Crippen LogP contribution in [0.15, 0.2) is 52.1 Å². The minimum atomic E-state index is -0.665. The Morgan fingerprint density at radius 2 is 1.75 bits per heavy atom. The molecule has 0 heterocycles. The number of benzene rings is 2. The van der Waals surface area contributed by atoms with Gasteiger partial charge in [0, 0.05) is 18.2 Å². The molecule has 4 N–H and O–H groups in total. The zero-order valence-electron chi connectivity index (χ0n) is 15.4. The Morgan fingerprint density at radius 1 is 1.04 bits per heavy atom. The minimum absolute atomic E-state index is 0.0950. The summed E-state index contributed by atoms with van der Waals surface area (Å²) in [7, 11) is 0. The molecule has 0 aliphatic heterocycles. The van der Waals surface area contributed by atoms with E-state index in [0.29, 0.717) is 5.69 Å². The number of Topliss-reactive ketones (excluding diaryl/α,β-unsaturated/α-hetero) is 1. The maximum Gasteiger partial charge on any atom is 0.253 e. The van der Waals surface area contributed by atoms with Crippen molar-refractivity contribution in [1.29, 1.82) is 0 Å². The summed E-state index contributed by atoms with van der Waals surface area (Å²) in [5, 5.41) is 25.3. The molecule has 3 aromatic rings. The summed E-state index contributed by atoms with van der Waals surface area (Å²) >= 11 is 0. The van der Waals surface area contributed by atoms with Crippen molar-refractivity contribution in [3.63, 3.8) is 0 Å². The van der Waals surface area contributed by atoms with Crippen LogP contribution in [0.2, 0.25) is 0 Å². The van der Waals surface area contributed by atoms with Crippen LogP contribution in [0.3, 0.4) is 0 Å². The van der Waals surface area contributed by atoms with Crippen LogP contribution < -0.4 is 21.5 Å². The molecule has 7 nitrogen and oxygen atoms in total. The standard InChI is InChI=1S/C21H20N2O5/c1-3-16(25)15-10-13(7-8-17(15)26)23-19-18(20(27)21(19)28)22-11(2)12-5-4-6-14(24)9-12/h4-11,22-24,26H,3H2,1-2H3/t11-/m1/s1. The molecule has 0 spiro atoms. The molecule has 0 bridgehead atoms. The highest BCUT2D eigenvalue weighted by atomic mass is 16.3. The van der Waals surface area contributed by atoms with E-state index in [1.807, 2.05) is 0 Å². The molecule has 0 aromatic heterocycles. The zero-order valence-corrected chi connectivity index (χ0v) is 15.4. The van der Waals surface area contributed by atoms with Crippen LogP contribution in [0.1, 0.15) is 42.2 Å². The summed E-state index contributed by atoms with van der Waals surface area (Å²) in [6.07, 6.45) is 0.228. The van der Waals surface area contributed by atoms with Crippen molar-refractivity contribution in [3.8, 4) is 11.5 Å². The van der Waals surface area contributed by atoms with Gasteiger partial charge in [0.15, 0.2) is 5.78 Å². The number of rotatable bonds is 7. The van der Waals surface area contributed by atoms with E-state index in [4.69, 9.17) is 0 Å². The fourth-order valence-corrected chi connectivity index (χ4v) is 2.91. The van der Waals surface area contributed by atoms with Crippen LogP contribution in [-0.4, -0.2) is 16.0 Å². The Morgan fingerprint density at radius 3 is 2.43 bits per heavy atom. The summed E-state index contributed by atoms with van der Waals surface area (Å²) < 4.78 is 0. The molecule has 0 aliphatic rings. The molecule has 1 atom stereocenters. The molecule has 3 rings (SSSR count). The second kappa shape index (κ2) is 7.56. The zero-order chi connectivity index (χ0) is 20.4. The van der Waals surface area contributed by atoms with E-state index in [9.17, 15) is 24.6 Å². The van der Waals surface area contributed by atoms with Gasteiger partial charge in [-0.2, -0.15) is 0 Å². The maximum absolute atomic E-state index is 12.0. The number of anilines is 3. The number of nitrogens with one attached hydrogen (secondary N) is 2. The lowest BCUT2D eigenvalue weighted by Gasteiger charge is -2.20. The Labute approximate surface area is 161 Å². The molecule has 0 aliphatic carbocycles. The van der Waals surface area contributed by atoms with Gasteiger partial charge in [-0.1, -0.05) is 19.1 Å². The van der Waals surface area contributed by atoms with Crippen LogP contribution in [-0.2, 0) is 0 Å². The third-order valence-corrected chi connectivity index (χ3v) is 4.53. The number of hydrogen-bond acceptors (Lipinski definition) is 7. The van der Waals surface area contributed by atoms with Crippen LogP contribution in [0.5, 0.6) is 11.5 Å². The van der Waals surface area contributed by atoms with Gasteiger partial charge in [0.2, 0.25) is 0 Å². The predicted molar refractivity (Wildman–Crippen MR) is 108 cm³/mol. The van der Waals surface area contributed by atoms with E-state index in [1.165, 1.54) is 18.2 Å². The van der Waals surface area contributed by atoms with Gasteiger partial charge >= 0.3 is 0 Å². The number of phenolic OH excluding ortho intramolecular Hbond substituents is 2. The van der Waals surface area contributed by atoms with Crippen molar-refractivity contribution >= 4 is 22.8 Å². The molecule has 144 valence electrons. The largest absolute Gasteiger partial charge is 0.508 e. The van der Waals surface area contributed by atoms with Gasteiger partial charge in [0.05, 0.1) is 5.56 Å². The van der Waals surface area contributed by atoms with Gasteiger partial charge in [-0.3, -0.25) is 14.4 Å². The van der Waals surface area contributed by atoms with E-state index in [2.05, 4.69) is 10.6 Å². The van der Waals surface area contributed by atoms with Gasteiger partial charge < -0.3 is 20.8 Å². The molecule has 0 amide bonds. The third-order valence-electron chi connectivity index (χ3n) is 4.53. The summed E-state index contributed by atoms with van der Waals surface area (Å²) in [5.41, 5.74) is 0.234. The molecule has 28 heavy (non-hydrogen) atoms. The number of hydrogen-bond donors (Lipinski definition) is 4. The molecule has 0 radical (unpaired) electrons. The van der Waals surface area contributed by atoms with Crippen LogP contribution >= 0.6 is 0 Å². The van der Waals surface area contributed by atoms with Gasteiger partial charge in [-0.05, 0) is 42.8 Å². The minimum Gasteiger partial charge on any atom is -0.508 e. The average molecular weight is 380 g/mol. The Kier molecular flexibility index (Phi) is 5.17. The molecule has 7 heteroatoms. The topological polar surface area (TPSA) is 116 Å². The Balaban J connectivity index is 1.86. The van der Waals surface area contributed by atoms with Crippen molar-refractivity contribution in [2.45, 2.75) is 26.3 Å². The summed E-state index contributed by atoms with van der Waals surface area (Å²) in [6.45, 7) is 3.48. The monoisotopic (exact) mass is 380 g/mol. The van der Waals surface area contributed by atoms with Gasteiger partial charge in [-0.25, -0.2) is 0 Å². The van der Waals surface area contributed by atoms with E-state index in [1.54, 1.807) is 38.1 Å². The first-order valence-corrected chi connectivity index (χ1v) is 8.83. The summed E-state index contributed by atoms with van der Waals surface area (Å²) in [4.78, 5) is 36.0. The number of phenols is 2. The van der Waals surface area contributed by atoms with Crippen LogP contribution in [0.4, 0.5) is 17.1 Å². The van der Waals surface area contributed by atoms with Crippen molar-refractivity contribution in [2.75, 3.05) is 10.6 Å². The number of ketones is 1. The highest BCUT2D eigenvalue weighted by Crippen LogP contribution is 2.29. The highest BCUT2D eigenvalue weighted by molar-refractivity contribution is 5.99.